The second kappa shape index (κ2) is 20.5. The lowest BCUT2D eigenvalue weighted by molar-refractivity contribution is -0.833. The van der Waals surface area contributed by atoms with Crippen molar-refractivity contribution < 1.29 is 36.3 Å². The molecule has 0 spiro atoms. The fourth-order valence-electron chi connectivity index (χ4n) is 9.53. The van der Waals surface area contributed by atoms with E-state index in [0.717, 1.165) is 75.4 Å². The summed E-state index contributed by atoms with van der Waals surface area (Å²) in [6.45, 7) is 8.74. The minimum absolute atomic E-state index is 0.0668. The van der Waals surface area contributed by atoms with Crippen LogP contribution in [0.25, 0.3) is 5.69 Å². The van der Waals surface area contributed by atoms with E-state index in [4.69, 9.17) is 37.4 Å². The molecule has 0 bridgehead atoms. The first-order chi connectivity index (χ1) is 30.9. The molecule has 4 aliphatic rings. The van der Waals surface area contributed by atoms with Gasteiger partial charge in [-0.15, -0.1) is 0 Å². The van der Waals surface area contributed by atoms with Gasteiger partial charge in [0.15, 0.2) is 0 Å². The monoisotopic (exact) mass is 938 g/mol. The Bertz CT molecular complexity index is 2460. The summed E-state index contributed by atoms with van der Waals surface area (Å²) in [4.78, 5) is 20.7. The molecule has 19 heteroatoms. The molecule has 0 amide bonds. The zero-order valence-electron chi connectivity index (χ0n) is 36.1. The summed E-state index contributed by atoms with van der Waals surface area (Å²) in [5.41, 5.74) is 3.75. The van der Waals surface area contributed by atoms with Gasteiger partial charge in [0.25, 0.3) is 0 Å². The van der Waals surface area contributed by atoms with E-state index in [-0.39, 0.29) is 30.5 Å². The highest BCUT2D eigenvalue weighted by molar-refractivity contribution is 7.80. The molecule has 2 saturated heterocycles. The van der Waals surface area contributed by atoms with Crippen molar-refractivity contribution in [3.05, 3.63) is 112 Å². The Hall–Kier alpha value is -4.33. The van der Waals surface area contributed by atoms with Crippen molar-refractivity contribution in [2.75, 3.05) is 44.3 Å². The molecular weight excluding hydrogens is 884 g/mol. The lowest BCUT2D eigenvalue weighted by Crippen LogP contribution is -3.10. The zero-order chi connectivity index (χ0) is 44.8. The van der Waals surface area contributed by atoms with E-state index in [2.05, 4.69) is 48.5 Å². The smallest absolute Gasteiger partial charge is 0.350 e. The molecule has 2 aliphatic carbocycles. The number of fused-ring (bicyclic) bond motifs is 1. The van der Waals surface area contributed by atoms with Gasteiger partial charge in [0.05, 0.1) is 55.6 Å². The van der Waals surface area contributed by atoms with Crippen LogP contribution in [0.5, 0.6) is 5.75 Å². The van der Waals surface area contributed by atoms with Crippen LogP contribution >= 0.6 is 23.2 Å². The Morgan fingerprint density at radius 3 is 2.38 bits per heavy atom. The van der Waals surface area contributed by atoms with E-state index in [1.165, 1.54) is 36.2 Å². The van der Waals surface area contributed by atoms with Crippen LogP contribution in [0.15, 0.2) is 90.5 Å². The summed E-state index contributed by atoms with van der Waals surface area (Å²) in [6, 6.07) is 21.7. The SMILES string of the molecule is CCC(C)n1ncn(-c2ccc(N3CC[NH+](c4ccc(OC[C@H]5CO[C@](Cn6cncn6)(c6ccc(Cl)cc6Cl)O5)cc4)CC3)cc2)c1=O.O=S(=O)([O-])OC1CCCC2CCCCC21. The fourth-order valence-corrected chi connectivity index (χ4v) is 10.6. The molecule has 4 fully saturated rings. The molecule has 4 unspecified atom stereocenters. The molecule has 6 atom stereocenters. The summed E-state index contributed by atoms with van der Waals surface area (Å²) in [7, 11) is -4.52. The number of benzene rings is 3. The number of hydrogen-bond acceptors (Lipinski definition) is 12. The standard InChI is InChI=1S/C35H38Cl2N8O4.C10H18O4S/c1-3-25(2)45-34(46)44(24-40-45)29-7-5-27(6-8-29)41-14-16-42(17-15-41)28-9-11-30(12-10-28)47-19-31-20-48-35(49-31,21-43-23-38-22-39-43)32-13-4-26(36)18-33(32)37;11-15(12,13)14-10-7-3-5-8-4-1-2-6-9(8)10/h4-13,18,22-25,31H,3,14-17,19-21H2,1-2H3;8-10H,1-7H2,(H,11,12,13)/t25?,31-,35-;/m0./s1. The first kappa shape index (κ1) is 46.2. The average molecular weight is 940 g/mol. The number of nitrogens with one attached hydrogen (secondary N) is 1. The zero-order valence-corrected chi connectivity index (χ0v) is 38.5. The topological polar surface area (TPSA) is 172 Å². The molecule has 64 heavy (non-hydrogen) atoms. The van der Waals surface area contributed by atoms with Gasteiger partial charge >= 0.3 is 5.69 Å². The first-order valence-electron chi connectivity index (χ1n) is 22.2. The van der Waals surface area contributed by atoms with Crippen LogP contribution in [-0.4, -0.2) is 93.7 Å². The maximum Gasteiger partial charge on any atom is 0.350 e. The van der Waals surface area contributed by atoms with Crippen molar-refractivity contribution in [1.82, 2.24) is 29.1 Å². The number of quaternary nitrogens is 1. The summed E-state index contributed by atoms with van der Waals surface area (Å²) in [5.74, 6) is 0.491. The average Bonchev–Trinajstić information content (AvgIpc) is 4.07. The van der Waals surface area contributed by atoms with Gasteiger partial charge in [-0.05, 0) is 93.0 Å². The predicted octanol–water partition coefficient (Wildman–Crippen LogP) is 6.11. The second-order valence-electron chi connectivity index (χ2n) is 17.1. The quantitative estimate of drug-likeness (QED) is 0.106. The van der Waals surface area contributed by atoms with Crippen molar-refractivity contribution in [1.29, 1.82) is 0 Å². The normalized spacial score (nSPS) is 24.4. The molecule has 9 rings (SSSR count). The largest absolute Gasteiger partial charge is 0.726 e. The number of halogens is 2. The number of anilines is 1. The summed E-state index contributed by atoms with van der Waals surface area (Å²) >= 11 is 12.7. The molecule has 1 N–H and O–H groups in total. The number of aromatic nitrogens is 6. The molecule has 16 nitrogen and oxygen atoms in total. The van der Waals surface area contributed by atoms with Gasteiger partial charge in [-0.3, -0.25) is 9.08 Å². The first-order valence-corrected chi connectivity index (χ1v) is 24.3. The lowest BCUT2D eigenvalue weighted by atomic mass is 9.69. The molecule has 0 radical (unpaired) electrons. The van der Waals surface area contributed by atoms with Crippen molar-refractivity contribution in [3.8, 4) is 11.4 Å². The van der Waals surface area contributed by atoms with E-state index in [9.17, 15) is 17.8 Å². The maximum absolute atomic E-state index is 12.8. The molecule has 2 aromatic heterocycles. The van der Waals surface area contributed by atoms with Gasteiger partial charge in [-0.2, -0.15) is 10.2 Å². The van der Waals surface area contributed by atoms with E-state index < -0.39 is 16.2 Å². The van der Waals surface area contributed by atoms with E-state index in [0.29, 0.717) is 40.7 Å². The third kappa shape index (κ3) is 11.0. The van der Waals surface area contributed by atoms with Crippen LogP contribution in [0.1, 0.15) is 76.8 Å². The highest BCUT2D eigenvalue weighted by Crippen LogP contribution is 2.43. The number of rotatable bonds is 13. The van der Waals surface area contributed by atoms with Gasteiger partial charge in [0.2, 0.25) is 16.2 Å². The Kier molecular flexibility index (Phi) is 14.8. The molecule has 344 valence electrons. The molecule has 5 aromatic rings. The van der Waals surface area contributed by atoms with E-state index in [1.54, 1.807) is 38.7 Å². The van der Waals surface area contributed by atoms with Crippen LogP contribution in [0.2, 0.25) is 10.0 Å². The van der Waals surface area contributed by atoms with Gasteiger partial charge in [-0.25, -0.2) is 32.1 Å². The number of ether oxygens (including phenoxy) is 3. The van der Waals surface area contributed by atoms with Crippen LogP contribution in [0, 0.1) is 11.8 Å². The summed E-state index contributed by atoms with van der Waals surface area (Å²) in [5, 5.41) is 9.51. The minimum Gasteiger partial charge on any atom is -0.726 e. The Morgan fingerprint density at radius 1 is 0.938 bits per heavy atom. The third-order valence-electron chi connectivity index (χ3n) is 13.0. The highest BCUT2D eigenvalue weighted by Gasteiger charge is 2.46. The fraction of sp³-hybridized carbons (Fsp3) is 0.511. The molecule has 4 heterocycles. The number of piperazine rings is 1. The van der Waals surface area contributed by atoms with E-state index >= 15 is 0 Å². The maximum atomic E-state index is 12.8. The molecule has 3 aromatic carbocycles. The van der Waals surface area contributed by atoms with Crippen LogP contribution in [-0.2, 0) is 36.4 Å². The van der Waals surface area contributed by atoms with Crippen molar-refractivity contribution in [2.24, 2.45) is 11.8 Å². The van der Waals surface area contributed by atoms with Crippen LogP contribution in [0.3, 0.4) is 0 Å². The Balaban J connectivity index is 0.000000315. The number of nitrogens with zero attached hydrogens (tertiary/aromatic N) is 7. The Morgan fingerprint density at radius 2 is 1.67 bits per heavy atom. The summed E-state index contributed by atoms with van der Waals surface area (Å²) in [6.07, 6.45) is 12.3. The van der Waals surface area contributed by atoms with Crippen LogP contribution < -0.4 is 20.2 Å². The predicted molar refractivity (Wildman–Crippen MR) is 240 cm³/mol. The Labute approximate surface area is 383 Å². The van der Waals surface area contributed by atoms with Gasteiger partial charge in [0.1, 0.15) is 49.7 Å². The van der Waals surface area contributed by atoms with Gasteiger partial charge < -0.3 is 23.7 Å². The molecule has 2 aliphatic heterocycles. The number of hydrogen-bond donors (Lipinski definition) is 1. The van der Waals surface area contributed by atoms with Crippen molar-refractivity contribution in [3.63, 3.8) is 0 Å². The van der Waals surface area contributed by atoms with Gasteiger partial charge in [0, 0.05) is 28.4 Å². The van der Waals surface area contributed by atoms with Crippen molar-refractivity contribution in [2.45, 2.75) is 95.8 Å². The van der Waals surface area contributed by atoms with Crippen molar-refractivity contribution >= 4 is 45.0 Å². The summed E-state index contributed by atoms with van der Waals surface area (Å²) < 4.78 is 60.1. The lowest BCUT2D eigenvalue weighted by Gasteiger charge is -2.40. The molecule has 2 saturated carbocycles. The van der Waals surface area contributed by atoms with Gasteiger partial charge in [-0.1, -0.05) is 61.9 Å². The third-order valence-corrected chi connectivity index (χ3v) is 14.1. The highest BCUT2D eigenvalue weighted by atomic mass is 35.5. The second-order valence-corrected chi connectivity index (χ2v) is 19.0. The van der Waals surface area contributed by atoms with E-state index in [1.807, 2.05) is 44.2 Å². The van der Waals surface area contributed by atoms with Crippen LogP contribution in [0.4, 0.5) is 11.4 Å². The minimum atomic E-state index is -4.52. The molecular formula is C45H56Cl2N8O8S.